The van der Waals surface area contributed by atoms with Crippen molar-refractivity contribution in [1.82, 2.24) is 9.62 Å². The number of nitrogens with zero attached hydrogens (tertiary/aromatic N) is 1. The van der Waals surface area contributed by atoms with E-state index in [1.54, 1.807) is 22.6 Å². The van der Waals surface area contributed by atoms with Gasteiger partial charge in [0.1, 0.15) is 0 Å². The maximum Gasteiger partial charge on any atom is 0.250 e. The van der Waals surface area contributed by atoms with Crippen molar-refractivity contribution in [1.29, 1.82) is 0 Å². The van der Waals surface area contributed by atoms with Crippen LogP contribution in [0, 0.1) is 11.8 Å². The van der Waals surface area contributed by atoms with E-state index in [0.717, 1.165) is 61.3 Å². The first-order chi connectivity index (χ1) is 16.7. The SMILES string of the molecule is CCS(=O)(=O)N1CCC(C2CNc3c(C(N)=O)cc(-c4csc(CCNCC(C)C)c4)cc32)CC1. The summed E-state index contributed by atoms with van der Waals surface area (Å²) in [6.07, 6.45) is 2.63. The number of rotatable bonds is 10. The highest BCUT2D eigenvalue weighted by molar-refractivity contribution is 7.89. The molecule has 1 saturated heterocycles. The van der Waals surface area contributed by atoms with Crippen LogP contribution in [-0.2, 0) is 16.4 Å². The summed E-state index contributed by atoms with van der Waals surface area (Å²) in [5.74, 6) is 0.972. The average Bonchev–Trinajstić information content (AvgIpc) is 3.48. The van der Waals surface area contributed by atoms with Crippen molar-refractivity contribution < 1.29 is 13.2 Å². The van der Waals surface area contributed by atoms with Gasteiger partial charge in [0, 0.05) is 30.4 Å². The number of sulfonamides is 1. The summed E-state index contributed by atoms with van der Waals surface area (Å²) in [7, 11) is -3.15. The molecule has 0 spiro atoms. The molecule has 0 aliphatic carbocycles. The van der Waals surface area contributed by atoms with Gasteiger partial charge in [0.05, 0.1) is 17.0 Å². The zero-order chi connectivity index (χ0) is 25.2. The first kappa shape index (κ1) is 26.1. The molecule has 9 heteroatoms. The van der Waals surface area contributed by atoms with Gasteiger partial charge in [-0.1, -0.05) is 13.8 Å². The Bertz CT molecular complexity index is 1150. The fraction of sp³-hybridized carbons (Fsp3) is 0.577. The summed E-state index contributed by atoms with van der Waals surface area (Å²) < 4.78 is 26.2. The molecule has 0 radical (unpaired) electrons. The smallest absolute Gasteiger partial charge is 0.250 e. The molecule has 1 aromatic heterocycles. The van der Waals surface area contributed by atoms with E-state index in [2.05, 4.69) is 42.0 Å². The van der Waals surface area contributed by atoms with Gasteiger partial charge in [-0.25, -0.2) is 12.7 Å². The quantitative estimate of drug-likeness (QED) is 0.414. The van der Waals surface area contributed by atoms with Gasteiger partial charge < -0.3 is 16.4 Å². The number of thiophene rings is 1. The Morgan fingerprint density at radius 3 is 2.63 bits per heavy atom. The molecule has 2 aliphatic rings. The Kier molecular flexibility index (Phi) is 8.20. The van der Waals surface area contributed by atoms with Crippen LogP contribution < -0.4 is 16.4 Å². The van der Waals surface area contributed by atoms with E-state index in [1.165, 1.54) is 4.88 Å². The predicted octanol–water partition coefficient (Wildman–Crippen LogP) is 3.87. The minimum atomic E-state index is -3.15. The number of piperidine rings is 1. The van der Waals surface area contributed by atoms with Gasteiger partial charge in [0.25, 0.3) is 5.91 Å². The lowest BCUT2D eigenvalue weighted by Crippen LogP contribution is -2.40. The van der Waals surface area contributed by atoms with Crippen LogP contribution in [0.4, 0.5) is 5.69 Å². The fourth-order valence-corrected chi connectivity index (χ4v) is 7.29. The van der Waals surface area contributed by atoms with E-state index >= 15 is 0 Å². The molecular weight excluding hydrogens is 480 g/mol. The van der Waals surface area contributed by atoms with E-state index in [1.807, 2.05) is 6.07 Å². The molecule has 1 unspecified atom stereocenters. The van der Waals surface area contributed by atoms with Crippen molar-refractivity contribution in [3.8, 4) is 11.1 Å². The monoisotopic (exact) mass is 518 g/mol. The third-order valence-corrected chi connectivity index (χ3v) is 10.1. The number of anilines is 1. The van der Waals surface area contributed by atoms with Crippen molar-refractivity contribution in [3.05, 3.63) is 39.6 Å². The minimum Gasteiger partial charge on any atom is -0.384 e. The highest BCUT2D eigenvalue weighted by Crippen LogP contribution is 2.44. The lowest BCUT2D eigenvalue weighted by Gasteiger charge is -2.34. The number of carbonyl (C=O) groups excluding carboxylic acids is 1. The molecule has 1 atom stereocenters. The van der Waals surface area contributed by atoms with Crippen LogP contribution in [-0.4, -0.2) is 57.1 Å². The second kappa shape index (κ2) is 11.0. The highest BCUT2D eigenvalue weighted by atomic mass is 32.2. The van der Waals surface area contributed by atoms with E-state index in [0.29, 0.717) is 30.5 Å². The standard InChI is InChI=1S/C26H38N4O3S2/c1-4-35(32,33)30-9-6-18(7-10-30)24-15-29-25-22(24)12-19(13-23(25)26(27)31)20-11-21(34-16-20)5-8-28-14-17(2)3/h11-13,16-18,24,28-29H,4-10,14-15H2,1-3H3,(H2,27,31). The van der Waals surface area contributed by atoms with Crippen LogP contribution in [0.3, 0.4) is 0 Å². The number of amides is 1. The topological polar surface area (TPSA) is 105 Å². The van der Waals surface area contributed by atoms with Crippen molar-refractivity contribution in [2.45, 2.75) is 46.0 Å². The van der Waals surface area contributed by atoms with Gasteiger partial charge in [0.15, 0.2) is 0 Å². The Balaban J connectivity index is 1.53. The normalized spacial score (nSPS) is 19.1. The summed E-state index contributed by atoms with van der Waals surface area (Å²) in [6.45, 7) is 9.96. The number of carbonyl (C=O) groups is 1. The number of hydrogen-bond donors (Lipinski definition) is 3. The molecule has 2 aromatic rings. The van der Waals surface area contributed by atoms with Crippen LogP contribution in [0.5, 0.6) is 0 Å². The Morgan fingerprint density at radius 1 is 1.23 bits per heavy atom. The van der Waals surface area contributed by atoms with E-state index < -0.39 is 15.9 Å². The molecule has 1 fully saturated rings. The molecule has 1 aromatic carbocycles. The lowest BCUT2D eigenvalue weighted by atomic mass is 9.80. The van der Waals surface area contributed by atoms with Crippen LogP contribution in [0.2, 0.25) is 0 Å². The fourth-order valence-electron chi connectivity index (χ4n) is 5.26. The van der Waals surface area contributed by atoms with Gasteiger partial charge in [-0.05, 0) is 91.4 Å². The van der Waals surface area contributed by atoms with Crippen molar-refractivity contribution in [2.24, 2.45) is 17.6 Å². The summed E-state index contributed by atoms with van der Waals surface area (Å²) in [5, 5.41) is 9.10. The molecule has 0 saturated carbocycles. The molecule has 4 N–H and O–H groups in total. The summed E-state index contributed by atoms with van der Waals surface area (Å²) in [6, 6.07) is 6.35. The first-order valence-electron chi connectivity index (χ1n) is 12.7. The second-order valence-electron chi connectivity index (χ2n) is 10.1. The second-order valence-corrected chi connectivity index (χ2v) is 13.4. The molecule has 2 aliphatic heterocycles. The third-order valence-electron chi connectivity index (χ3n) is 7.25. The van der Waals surface area contributed by atoms with Crippen molar-refractivity contribution in [2.75, 3.05) is 43.8 Å². The molecule has 1 amide bonds. The van der Waals surface area contributed by atoms with Gasteiger partial charge in [0.2, 0.25) is 10.0 Å². The first-order valence-corrected chi connectivity index (χ1v) is 15.2. The largest absolute Gasteiger partial charge is 0.384 e. The number of hydrogen-bond acceptors (Lipinski definition) is 6. The Morgan fingerprint density at radius 2 is 1.97 bits per heavy atom. The molecule has 7 nitrogen and oxygen atoms in total. The maximum atomic E-state index is 12.4. The summed E-state index contributed by atoms with van der Waals surface area (Å²) in [5.41, 5.74) is 10.5. The number of benzene rings is 1. The van der Waals surface area contributed by atoms with E-state index in [4.69, 9.17) is 5.73 Å². The Hall–Kier alpha value is -1.94. The summed E-state index contributed by atoms with van der Waals surface area (Å²) in [4.78, 5) is 13.7. The number of nitrogens with two attached hydrogens (primary N) is 1. The van der Waals surface area contributed by atoms with Gasteiger partial charge in [-0.2, -0.15) is 0 Å². The third kappa shape index (κ3) is 5.90. The highest BCUT2D eigenvalue weighted by Gasteiger charge is 2.36. The lowest BCUT2D eigenvalue weighted by molar-refractivity contribution is 0.100. The molecule has 192 valence electrons. The molecule has 35 heavy (non-hydrogen) atoms. The van der Waals surface area contributed by atoms with Gasteiger partial charge in [-0.15, -0.1) is 11.3 Å². The number of fused-ring (bicyclic) bond motifs is 1. The van der Waals surface area contributed by atoms with Crippen LogP contribution in [0.15, 0.2) is 23.6 Å². The van der Waals surface area contributed by atoms with Crippen molar-refractivity contribution in [3.63, 3.8) is 0 Å². The zero-order valence-corrected chi connectivity index (χ0v) is 22.6. The van der Waals surface area contributed by atoms with Crippen LogP contribution in [0.25, 0.3) is 11.1 Å². The van der Waals surface area contributed by atoms with Crippen molar-refractivity contribution >= 4 is 33.0 Å². The maximum absolute atomic E-state index is 12.4. The van der Waals surface area contributed by atoms with Crippen LogP contribution in [0.1, 0.15) is 60.3 Å². The van der Waals surface area contributed by atoms with Gasteiger partial charge in [-0.3, -0.25) is 4.79 Å². The molecular formula is C26H38N4O3S2. The van der Waals surface area contributed by atoms with Crippen LogP contribution >= 0.6 is 11.3 Å². The average molecular weight is 519 g/mol. The zero-order valence-electron chi connectivity index (χ0n) is 21.0. The van der Waals surface area contributed by atoms with E-state index in [-0.39, 0.29) is 11.7 Å². The van der Waals surface area contributed by atoms with Gasteiger partial charge >= 0.3 is 0 Å². The predicted molar refractivity (Wildman–Crippen MR) is 145 cm³/mol. The number of nitrogens with one attached hydrogen (secondary N) is 2. The molecule has 4 rings (SSSR count). The minimum absolute atomic E-state index is 0.146. The Labute approximate surface area is 213 Å². The van der Waals surface area contributed by atoms with E-state index in [9.17, 15) is 13.2 Å². The number of primary amides is 1. The molecule has 0 bridgehead atoms. The molecule has 3 heterocycles. The summed E-state index contributed by atoms with van der Waals surface area (Å²) >= 11 is 1.75.